The standard InChI is InChI=1S/C35H47N3O8S/c1-6-7-9-22-27(39)28(26-21-15-14-20-25(26)23-16-10-8-11-17-23)35(34(4,46-35)31(36)41)38-30(40)29(33(2,3)47(5,43)44)37-32(42)45-24-18-12-13-19-24/h8,10-11,14-17,20-21,24,28-29H,6-7,9,12-13,18-19,22H2,1-5H3,(H2,36,41)(H,37,42)(H,38,40)/t28?,29-,34-,35+/m1/s1. The molecular formula is C35H47N3O8S. The molecule has 256 valence electrons. The third-order valence-electron chi connectivity index (χ3n) is 9.67. The van der Waals surface area contributed by atoms with Gasteiger partial charge in [0.2, 0.25) is 5.91 Å². The number of Topliss-reactive ketones (excluding diaryl/α,β-unsaturated/α-hetero) is 1. The molecule has 2 aromatic carbocycles. The zero-order chi connectivity index (χ0) is 34.6. The number of benzene rings is 2. The molecular weight excluding hydrogens is 622 g/mol. The smallest absolute Gasteiger partial charge is 0.408 e. The molecule has 0 aromatic heterocycles. The van der Waals surface area contributed by atoms with Gasteiger partial charge in [-0.3, -0.25) is 14.4 Å². The average molecular weight is 670 g/mol. The minimum Gasteiger partial charge on any atom is -0.446 e. The second kappa shape index (κ2) is 14.1. The summed E-state index contributed by atoms with van der Waals surface area (Å²) in [6, 6.07) is 14.8. The highest BCUT2D eigenvalue weighted by molar-refractivity contribution is 7.92. The van der Waals surface area contributed by atoms with Crippen molar-refractivity contribution in [3.05, 3.63) is 60.2 Å². The number of ketones is 1. The zero-order valence-electron chi connectivity index (χ0n) is 27.8. The Morgan fingerprint density at radius 1 is 1.02 bits per heavy atom. The minimum atomic E-state index is -3.98. The van der Waals surface area contributed by atoms with E-state index in [1.54, 1.807) is 12.1 Å². The van der Waals surface area contributed by atoms with Gasteiger partial charge in [-0.2, -0.15) is 0 Å². The summed E-state index contributed by atoms with van der Waals surface area (Å²) < 4.78 is 35.8. The minimum absolute atomic E-state index is 0.127. The Labute approximate surface area is 277 Å². The predicted molar refractivity (Wildman–Crippen MR) is 178 cm³/mol. The number of unbranched alkanes of at least 4 members (excludes halogenated alkanes) is 2. The average Bonchev–Trinajstić information content (AvgIpc) is 3.31. The van der Waals surface area contributed by atoms with E-state index in [9.17, 15) is 27.6 Å². The van der Waals surface area contributed by atoms with E-state index in [4.69, 9.17) is 15.2 Å². The van der Waals surface area contributed by atoms with Crippen molar-refractivity contribution in [1.29, 1.82) is 0 Å². The fraction of sp³-hybridized carbons (Fsp3) is 0.543. The van der Waals surface area contributed by atoms with Gasteiger partial charge in [-0.25, -0.2) is 13.2 Å². The molecule has 2 aliphatic rings. The number of epoxide rings is 1. The molecule has 0 radical (unpaired) electrons. The topological polar surface area (TPSA) is 174 Å². The van der Waals surface area contributed by atoms with Crippen LogP contribution in [0.5, 0.6) is 0 Å². The fourth-order valence-electron chi connectivity index (χ4n) is 6.36. The van der Waals surface area contributed by atoms with Crippen LogP contribution in [0.15, 0.2) is 54.6 Å². The van der Waals surface area contributed by atoms with E-state index < -0.39 is 55.8 Å². The van der Waals surface area contributed by atoms with Crippen molar-refractivity contribution in [2.45, 2.75) is 113 Å². The van der Waals surface area contributed by atoms with Crippen LogP contribution in [0, 0.1) is 0 Å². The van der Waals surface area contributed by atoms with Crippen molar-refractivity contribution in [3.8, 4) is 11.1 Å². The van der Waals surface area contributed by atoms with Gasteiger partial charge in [0.1, 0.15) is 17.9 Å². The van der Waals surface area contributed by atoms with Gasteiger partial charge in [-0.05, 0) is 69.6 Å². The highest BCUT2D eigenvalue weighted by Crippen LogP contribution is 2.56. The maximum atomic E-state index is 14.4. The largest absolute Gasteiger partial charge is 0.446 e. The second-order valence-electron chi connectivity index (χ2n) is 13.3. The number of nitrogens with one attached hydrogen (secondary N) is 2. The first-order valence-electron chi connectivity index (χ1n) is 16.2. The van der Waals surface area contributed by atoms with Gasteiger partial charge >= 0.3 is 6.09 Å². The number of amides is 3. The number of rotatable bonds is 15. The van der Waals surface area contributed by atoms with Crippen LogP contribution in [0.1, 0.15) is 90.5 Å². The summed E-state index contributed by atoms with van der Waals surface area (Å²) in [6.45, 7) is 6.03. The molecule has 2 aromatic rings. The molecule has 1 aliphatic heterocycles. The van der Waals surface area contributed by atoms with Crippen LogP contribution in [0.2, 0.25) is 0 Å². The molecule has 47 heavy (non-hydrogen) atoms. The van der Waals surface area contributed by atoms with Crippen LogP contribution in [-0.2, 0) is 33.7 Å². The zero-order valence-corrected chi connectivity index (χ0v) is 28.7. The van der Waals surface area contributed by atoms with E-state index in [1.807, 2.05) is 49.4 Å². The molecule has 1 heterocycles. The lowest BCUT2D eigenvalue weighted by atomic mass is 9.77. The van der Waals surface area contributed by atoms with Gasteiger partial charge < -0.3 is 25.8 Å². The van der Waals surface area contributed by atoms with Crippen LogP contribution < -0.4 is 16.4 Å². The van der Waals surface area contributed by atoms with Crippen LogP contribution in [-0.4, -0.2) is 66.6 Å². The third kappa shape index (κ3) is 7.38. The summed E-state index contributed by atoms with van der Waals surface area (Å²) >= 11 is 0. The molecule has 0 bridgehead atoms. The number of nitrogens with two attached hydrogens (primary N) is 1. The van der Waals surface area contributed by atoms with Crippen molar-refractivity contribution in [1.82, 2.24) is 10.6 Å². The normalized spacial score (nSPS) is 22.6. The van der Waals surface area contributed by atoms with Crippen LogP contribution in [0.25, 0.3) is 11.1 Å². The highest BCUT2D eigenvalue weighted by Gasteiger charge is 2.77. The van der Waals surface area contributed by atoms with Crippen LogP contribution >= 0.6 is 0 Å². The first-order chi connectivity index (χ1) is 22.1. The Kier molecular flexibility index (Phi) is 10.9. The molecule has 11 nitrogen and oxygen atoms in total. The Hall–Kier alpha value is -3.77. The van der Waals surface area contributed by atoms with Gasteiger partial charge in [-0.1, -0.05) is 74.4 Å². The monoisotopic (exact) mass is 669 g/mol. The van der Waals surface area contributed by atoms with Crippen molar-refractivity contribution >= 4 is 33.5 Å². The number of hydrogen-bond acceptors (Lipinski definition) is 8. The summed E-state index contributed by atoms with van der Waals surface area (Å²) in [6.07, 6.45) is 5.11. The van der Waals surface area contributed by atoms with Crippen molar-refractivity contribution < 1.29 is 37.1 Å². The van der Waals surface area contributed by atoms with Gasteiger partial charge in [-0.15, -0.1) is 0 Å². The molecule has 1 unspecified atom stereocenters. The van der Waals surface area contributed by atoms with Crippen molar-refractivity contribution in [2.75, 3.05) is 6.26 Å². The molecule has 12 heteroatoms. The molecule has 4 rings (SSSR count). The summed E-state index contributed by atoms with van der Waals surface area (Å²) in [5, 5.41) is 5.22. The Morgan fingerprint density at radius 3 is 2.21 bits per heavy atom. The van der Waals surface area contributed by atoms with E-state index in [0.29, 0.717) is 30.4 Å². The SMILES string of the molecule is CCCCCC(=O)C(c1ccccc1-c1ccccc1)[C@]1(NC(=O)[C@@H](NC(=O)OC2CCCC2)C(C)(C)S(C)(=O)=O)O[C@]1(C)C(N)=O. The molecule has 4 atom stereocenters. The lowest BCUT2D eigenvalue weighted by Crippen LogP contribution is -2.64. The Morgan fingerprint density at radius 2 is 1.64 bits per heavy atom. The number of sulfone groups is 1. The Balaban J connectivity index is 1.82. The fourth-order valence-corrected chi connectivity index (χ4v) is 6.95. The number of hydrogen-bond donors (Lipinski definition) is 3. The van der Waals surface area contributed by atoms with Crippen LogP contribution in [0.3, 0.4) is 0 Å². The second-order valence-corrected chi connectivity index (χ2v) is 15.9. The van der Waals surface area contributed by atoms with E-state index in [-0.39, 0.29) is 18.3 Å². The first-order valence-corrected chi connectivity index (χ1v) is 18.1. The highest BCUT2D eigenvalue weighted by atomic mass is 32.2. The molecule has 4 N–H and O–H groups in total. The van der Waals surface area contributed by atoms with Gasteiger partial charge in [0.15, 0.2) is 21.2 Å². The van der Waals surface area contributed by atoms with E-state index >= 15 is 0 Å². The number of primary amides is 1. The van der Waals surface area contributed by atoms with Crippen LogP contribution in [0.4, 0.5) is 4.79 Å². The van der Waals surface area contributed by atoms with Gasteiger partial charge in [0.05, 0.1) is 10.7 Å². The molecule has 0 spiro atoms. The molecule has 1 saturated carbocycles. The summed E-state index contributed by atoms with van der Waals surface area (Å²) in [7, 11) is -3.98. The summed E-state index contributed by atoms with van der Waals surface area (Å²) in [5.41, 5.74) is 4.00. The maximum Gasteiger partial charge on any atom is 0.408 e. The van der Waals surface area contributed by atoms with Crippen molar-refractivity contribution in [2.24, 2.45) is 5.73 Å². The van der Waals surface area contributed by atoms with E-state index in [1.165, 1.54) is 20.8 Å². The van der Waals surface area contributed by atoms with Crippen molar-refractivity contribution in [3.63, 3.8) is 0 Å². The number of alkyl carbamates (subject to hydrolysis) is 1. The Bertz CT molecular complexity index is 1590. The lowest BCUT2D eigenvalue weighted by Gasteiger charge is -2.35. The number of carbonyl (C=O) groups is 4. The number of ether oxygens (including phenoxy) is 2. The molecule has 3 amide bonds. The molecule has 2 fully saturated rings. The molecule has 1 saturated heterocycles. The summed E-state index contributed by atoms with van der Waals surface area (Å²) in [4.78, 5) is 54.7. The van der Waals surface area contributed by atoms with E-state index in [0.717, 1.165) is 37.5 Å². The maximum absolute atomic E-state index is 14.4. The third-order valence-corrected chi connectivity index (χ3v) is 11.8. The van der Waals surface area contributed by atoms with Gasteiger partial charge in [0, 0.05) is 12.7 Å². The van der Waals surface area contributed by atoms with E-state index in [2.05, 4.69) is 10.6 Å². The van der Waals surface area contributed by atoms with Gasteiger partial charge in [0.25, 0.3) is 5.91 Å². The lowest BCUT2D eigenvalue weighted by molar-refractivity contribution is -0.128. The summed E-state index contributed by atoms with van der Waals surface area (Å²) in [5.74, 6) is -3.41. The number of carbonyl (C=O) groups excluding carboxylic acids is 4. The first kappa shape index (κ1) is 36.1. The molecule has 1 aliphatic carbocycles. The quantitative estimate of drug-likeness (QED) is 0.183. The predicted octanol–water partition coefficient (Wildman–Crippen LogP) is 4.53.